The summed E-state index contributed by atoms with van der Waals surface area (Å²) in [5, 5.41) is 0. The molecular formula is C26H42Mg. The molecule has 0 saturated carbocycles. The van der Waals surface area contributed by atoms with Crippen molar-refractivity contribution in [2.75, 3.05) is 0 Å². The van der Waals surface area contributed by atoms with E-state index in [0.717, 1.165) is 0 Å². The Labute approximate surface area is 186 Å². The molecule has 2 rings (SSSR count). The first-order valence-corrected chi connectivity index (χ1v) is 10.6. The second kappa shape index (κ2) is 12.1. The van der Waals surface area contributed by atoms with Crippen molar-refractivity contribution in [3.63, 3.8) is 0 Å². The molecule has 0 bridgehead atoms. The van der Waals surface area contributed by atoms with Crippen LogP contribution in [0.5, 0.6) is 0 Å². The summed E-state index contributed by atoms with van der Waals surface area (Å²) in [5.41, 5.74) is 6.78. The molecule has 0 amide bonds. The van der Waals surface area contributed by atoms with E-state index in [9.17, 15) is 0 Å². The van der Waals surface area contributed by atoms with Gasteiger partial charge in [-0.25, -0.2) is 24.3 Å². The van der Waals surface area contributed by atoms with Gasteiger partial charge in [0.1, 0.15) is 0 Å². The van der Waals surface area contributed by atoms with Gasteiger partial charge in [-0.1, -0.05) is 93.9 Å². The molecule has 0 unspecified atom stereocenters. The molecule has 0 radical (unpaired) electrons. The average Bonchev–Trinajstić information content (AvgIpc) is 3.19. The van der Waals surface area contributed by atoms with Crippen molar-refractivity contribution in [3.8, 4) is 0 Å². The van der Waals surface area contributed by atoms with Crippen molar-refractivity contribution in [1.82, 2.24) is 0 Å². The zero-order valence-corrected chi connectivity index (χ0v) is 20.8. The molecule has 0 fully saturated rings. The van der Waals surface area contributed by atoms with Crippen LogP contribution in [0.2, 0.25) is 0 Å². The zero-order valence-electron chi connectivity index (χ0n) is 19.4. The Kier molecular flexibility index (Phi) is 11.9. The molecule has 148 valence electrons. The van der Waals surface area contributed by atoms with Crippen LogP contribution >= 0.6 is 0 Å². The summed E-state index contributed by atoms with van der Waals surface area (Å²) in [6.45, 7) is 18.2. The average molecular weight is 379 g/mol. The molecule has 2 aromatic carbocycles. The quantitative estimate of drug-likeness (QED) is 0.356. The van der Waals surface area contributed by atoms with Crippen LogP contribution < -0.4 is 0 Å². The predicted octanol–water partition coefficient (Wildman–Crippen LogP) is 7.71. The fourth-order valence-electron chi connectivity index (χ4n) is 3.55. The number of unbranched alkanes of at least 4 members (excludes halogenated alkanes) is 2. The normalized spacial score (nSPS) is 11.6. The van der Waals surface area contributed by atoms with Gasteiger partial charge in [-0.05, 0) is 10.8 Å². The van der Waals surface area contributed by atoms with Gasteiger partial charge in [-0.15, -0.1) is 0 Å². The molecule has 0 nitrogen and oxygen atoms in total. The Hall–Kier alpha value is -0.534. The predicted molar refractivity (Wildman–Crippen MR) is 124 cm³/mol. The van der Waals surface area contributed by atoms with Crippen molar-refractivity contribution in [3.05, 3.63) is 58.7 Å². The summed E-state index contributed by atoms with van der Waals surface area (Å²) in [7, 11) is 0. The van der Waals surface area contributed by atoms with E-state index in [4.69, 9.17) is 0 Å². The molecule has 1 heteroatoms. The molecule has 27 heavy (non-hydrogen) atoms. The van der Waals surface area contributed by atoms with Crippen LogP contribution in [-0.4, -0.2) is 23.1 Å². The maximum Gasteiger partial charge on any atom is 2.00 e. The van der Waals surface area contributed by atoms with Crippen LogP contribution in [0.1, 0.15) is 103 Å². The molecule has 0 aliphatic carbocycles. The van der Waals surface area contributed by atoms with E-state index in [1.54, 1.807) is 11.1 Å². The van der Waals surface area contributed by atoms with Gasteiger partial charge in [-0.2, -0.15) is 34.4 Å². The number of aryl methyl sites for hydroxylation is 2. The molecule has 0 aromatic heterocycles. The third-order valence-electron chi connectivity index (χ3n) is 5.03. The number of rotatable bonds is 6. The third-order valence-corrected chi connectivity index (χ3v) is 5.03. The molecule has 0 N–H and O–H groups in total. The molecule has 2 aromatic rings. The zero-order chi connectivity index (χ0) is 19.8. The van der Waals surface area contributed by atoms with Gasteiger partial charge >= 0.3 is 23.1 Å². The van der Waals surface area contributed by atoms with E-state index < -0.39 is 0 Å². The monoisotopic (exact) mass is 378 g/mol. The minimum absolute atomic E-state index is 0. The molecule has 0 heterocycles. The Morgan fingerprint density at radius 3 is 1.26 bits per heavy atom. The Morgan fingerprint density at radius 2 is 1.00 bits per heavy atom. The minimum Gasteiger partial charge on any atom is -0.213 e. The van der Waals surface area contributed by atoms with E-state index in [-0.39, 0.29) is 23.1 Å². The topological polar surface area (TPSA) is 0 Å². The van der Waals surface area contributed by atoms with Crippen molar-refractivity contribution < 1.29 is 0 Å². The summed E-state index contributed by atoms with van der Waals surface area (Å²) in [6.07, 6.45) is 7.69. The Balaban J connectivity index is 0.000000483. The van der Waals surface area contributed by atoms with Crippen molar-refractivity contribution in [1.29, 1.82) is 0 Å². The smallest absolute Gasteiger partial charge is 0.213 e. The fourth-order valence-corrected chi connectivity index (χ4v) is 3.55. The molecule has 0 spiro atoms. The van der Waals surface area contributed by atoms with Crippen molar-refractivity contribution >= 4 is 23.1 Å². The first-order valence-electron chi connectivity index (χ1n) is 10.6. The minimum atomic E-state index is 0. The van der Waals surface area contributed by atoms with E-state index in [1.807, 2.05) is 0 Å². The number of hydrogen-bond acceptors (Lipinski definition) is 0. The second-order valence-electron chi connectivity index (χ2n) is 9.64. The molecule has 0 atom stereocenters. The van der Waals surface area contributed by atoms with Gasteiger partial charge < -0.3 is 0 Å². The van der Waals surface area contributed by atoms with Gasteiger partial charge in [0.15, 0.2) is 0 Å². The van der Waals surface area contributed by atoms with E-state index in [1.165, 1.54) is 49.7 Å². The van der Waals surface area contributed by atoms with Crippen LogP contribution in [0, 0.1) is 0 Å². The van der Waals surface area contributed by atoms with Gasteiger partial charge in [0.25, 0.3) is 0 Å². The first-order chi connectivity index (χ1) is 12.1. The van der Waals surface area contributed by atoms with E-state index in [0.29, 0.717) is 10.8 Å². The van der Waals surface area contributed by atoms with Crippen molar-refractivity contribution in [2.45, 2.75) is 105 Å². The first kappa shape index (κ1) is 26.5. The summed E-state index contributed by atoms with van der Waals surface area (Å²) < 4.78 is 0. The van der Waals surface area contributed by atoms with Crippen molar-refractivity contribution in [2.24, 2.45) is 0 Å². The Bertz CT molecular complexity index is 557. The Morgan fingerprint density at radius 1 is 0.667 bits per heavy atom. The van der Waals surface area contributed by atoms with Gasteiger partial charge in [0.2, 0.25) is 0 Å². The van der Waals surface area contributed by atoms with Crippen LogP contribution in [0.25, 0.3) is 0 Å². The second-order valence-corrected chi connectivity index (χ2v) is 9.64. The van der Waals surface area contributed by atoms with Gasteiger partial charge in [-0.3, -0.25) is 0 Å². The summed E-state index contributed by atoms with van der Waals surface area (Å²) >= 11 is 0. The fraction of sp³-hybridized carbons (Fsp3) is 0.615. The van der Waals surface area contributed by atoms with Crippen LogP contribution in [0.15, 0.2) is 36.4 Å². The molecule has 0 saturated heterocycles. The molecule has 0 aliphatic heterocycles. The molecular weight excluding hydrogens is 337 g/mol. The number of hydrogen-bond donors (Lipinski definition) is 0. The van der Waals surface area contributed by atoms with E-state index in [2.05, 4.69) is 91.8 Å². The summed E-state index contributed by atoms with van der Waals surface area (Å²) in [5.74, 6) is 0. The maximum absolute atomic E-state index is 2.29. The standard InChI is InChI=1S/2C13H21.Mg/c2*1-5-6-8-11-9-7-10-12(11)13(2,3)4;/h2*7,9-10H,5-6,8H2,1-4H3;/q2*-1;+2. The van der Waals surface area contributed by atoms with Crippen LogP contribution in [0.4, 0.5) is 0 Å². The van der Waals surface area contributed by atoms with Gasteiger partial charge in [0, 0.05) is 0 Å². The maximum atomic E-state index is 2.29. The van der Waals surface area contributed by atoms with Gasteiger partial charge in [0.05, 0.1) is 0 Å². The summed E-state index contributed by atoms with van der Waals surface area (Å²) in [6, 6.07) is 13.5. The molecule has 0 aliphatic rings. The largest absolute Gasteiger partial charge is 2.00 e. The van der Waals surface area contributed by atoms with E-state index >= 15 is 0 Å². The third kappa shape index (κ3) is 9.00. The summed E-state index contributed by atoms with van der Waals surface area (Å²) in [4.78, 5) is 0. The van der Waals surface area contributed by atoms with Crippen LogP contribution in [-0.2, 0) is 23.7 Å². The van der Waals surface area contributed by atoms with Crippen LogP contribution in [0.3, 0.4) is 0 Å². The SMILES string of the molecule is CCCC[c-]1cccc1C(C)(C)C.CCCC[c-]1cccc1C(C)(C)C.[Mg+2].